The van der Waals surface area contributed by atoms with Gasteiger partial charge in [0.05, 0.1) is 6.61 Å². The van der Waals surface area contributed by atoms with Crippen molar-refractivity contribution in [1.29, 1.82) is 0 Å². The second kappa shape index (κ2) is 10.2. The van der Waals surface area contributed by atoms with Crippen LogP contribution in [0.15, 0.2) is 54.9 Å². The molecule has 1 aromatic heterocycles. The molecule has 2 heterocycles. The zero-order valence-corrected chi connectivity index (χ0v) is 16.1. The van der Waals surface area contributed by atoms with Crippen molar-refractivity contribution in [1.82, 2.24) is 14.8 Å². The molecule has 144 valence electrons. The van der Waals surface area contributed by atoms with Gasteiger partial charge in [0.2, 0.25) is 0 Å². The third-order valence-corrected chi connectivity index (χ3v) is 4.89. The number of pyridine rings is 1. The molecule has 1 amide bonds. The number of carbonyl (C=O) groups excluding carboxylic acids is 1. The zero-order valence-electron chi connectivity index (χ0n) is 16.1. The molecular formula is C22H29N3O2. The molecule has 0 bridgehead atoms. The van der Waals surface area contributed by atoms with E-state index in [4.69, 9.17) is 4.74 Å². The minimum absolute atomic E-state index is 0.0954. The molecule has 1 atom stereocenters. The summed E-state index contributed by atoms with van der Waals surface area (Å²) in [6.45, 7) is 6.47. The minimum Gasteiger partial charge on any atom is -0.366 e. The molecule has 0 radical (unpaired) electrons. The van der Waals surface area contributed by atoms with E-state index in [9.17, 15) is 4.79 Å². The zero-order chi connectivity index (χ0) is 18.9. The van der Waals surface area contributed by atoms with E-state index in [1.54, 1.807) is 12.4 Å². The Bertz CT molecular complexity index is 693. The van der Waals surface area contributed by atoms with Gasteiger partial charge < -0.3 is 9.64 Å². The van der Waals surface area contributed by atoms with Gasteiger partial charge in [0.1, 0.15) is 6.10 Å². The lowest BCUT2D eigenvalue weighted by Crippen LogP contribution is -2.50. The molecule has 0 aliphatic carbocycles. The van der Waals surface area contributed by atoms with Crippen LogP contribution in [0.2, 0.25) is 0 Å². The first-order valence-electron chi connectivity index (χ1n) is 9.82. The van der Waals surface area contributed by atoms with Crippen molar-refractivity contribution >= 4 is 5.91 Å². The van der Waals surface area contributed by atoms with Crippen molar-refractivity contribution in [3.8, 4) is 0 Å². The van der Waals surface area contributed by atoms with E-state index < -0.39 is 0 Å². The van der Waals surface area contributed by atoms with Crippen LogP contribution >= 0.6 is 0 Å². The number of nitrogens with zero attached hydrogens (tertiary/aromatic N) is 3. The van der Waals surface area contributed by atoms with Gasteiger partial charge in [-0.15, -0.1) is 0 Å². The van der Waals surface area contributed by atoms with E-state index in [1.165, 1.54) is 5.56 Å². The van der Waals surface area contributed by atoms with Gasteiger partial charge in [-0.1, -0.05) is 43.7 Å². The summed E-state index contributed by atoms with van der Waals surface area (Å²) in [5, 5.41) is 0. The van der Waals surface area contributed by atoms with E-state index in [0.717, 1.165) is 38.0 Å². The number of benzene rings is 1. The summed E-state index contributed by atoms with van der Waals surface area (Å²) in [7, 11) is 0. The standard InChI is InChI=1S/C22H29N3O2/c1-2-3-13-25(17-20-9-11-23-12-10-20)22(26)21-18-24(14-15-27-21)16-19-7-5-4-6-8-19/h4-12,21H,2-3,13-18H2,1H3. The molecule has 1 aliphatic heterocycles. The molecule has 0 spiro atoms. The highest BCUT2D eigenvalue weighted by atomic mass is 16.5. The molecule has 1 fully saturated rings. The normalized spacial score (nSPS) is 17.6. The second-order valence-electron chi connectivity index (χ2n) is 7.05. The lowest BCUT2D eigenvalue weighted by molar-refractivity contribution is -0.150. The number of amides is 1. The number of morpholine rings is 1. The van der Waals surface area contributed by atoms with Crippen LogP contribution in [0.3, 0.4) is 0 Å². The molecule has 5 heteroatoms. The fourth-order valence-electron chi connectivity index (χ4n) is 3.37. The van der Waals surface area contributed by atoms with Crippen LogP contribution in [-0.2, 0) is 22.6 Å². The summed E-state index contributed by atoms with van der Waals surface area (Å²) in [5.74, 6) is 0.0954. The topological polar surface area (TPSA) is 45.7 Å². The Labute approximate surface area is 162 Å². The molecule has 2 aromatic rings. The number of carbonyl (C=O) groups is 1. The minimum atomic E-state index is -0.388. The first-order chi connectivity index (χ1) is 13.3. The molecule has 1 aliphatic rings. The van der Waals surface area contributed by atoms with Crippen LogP contribution in [0.5, 0.6) is 0 Å². The van der Waals surface area contributed by atoms with E-state index in [1.807, 2.05) is 23.1 Å². The van der Waals surface area contributed by atoms with Crippen molar-refractivity contribution in [2.24, 2.45) is 0 Å². The van der Waals surface area contributed by atoms with Gasteiger partial charge in [-0.25, -0.2) is 0 Å². The molecule has 0 N–H and O–H groups in total. The fourth-order valence-corrected chi connectivity index (χ4v) is 3.37. The first kappa shape index (κ1) is 19.5. The van der Waals surface area contributed by atoms with Gasteiger partial charge in [-0.2, -0.15) is 0 Å². The summed E-state index contributed by atoms with van der Waals surface area (Å²) in [4.78, 5) is 21.5. The van der Waals surface area contributed by atoms with Crippen LogP contribution in [0.1, 0.15) is 30.9 Å². The smallest absolute Gasteiger partial charge is 0.253 e. The number of unbranched alkanes of at least 4 members (excludes halogenated alkanes) is 1. The quantitative estimate of drug-likeness (QED) is 0.719. The molecule has 5 nitrogen and oxygen atoms in total. The Morgan fingerprint density at radius 2 is 1.96 bits per heavy atom. The fraction of sp³-hybridized carbons (Fsp3) is 0.455. The molecule has 1 aromatic carbocycles. The number of hydrogen-bond acceptors (Lipinski definition) is 4. The molecule has 1 unspecified atom stereocenters. The van der Waals surface area contributed by atoms with E-state index >= 15 is 0 Å². The SMILES string of the molecule is CCCCN(Cc1ccncc1)C(=O)C1CN(Cc2ccccc2)CCO1. The Kier molecular flexibility index (Phi) is 7.36. The highest BCUT2D eigenvalue weighted by Crippen LogP contribution is 2.15. The van der Waals surface area contributed by atoms with E-state index in [2.05, 4.69) is 41.1 Å². The van der Waals surface area contributed by atoms with Crippen molar-refractivity contribution in [3.05, 3.63) is 66.0 Å². The number of hydrogen-bond donors (Lipinski definition) is 0. The summed E-state index contributed by atoms with van der Waals surface area (Å²) >= 11 is 0. The summed E-state index contributed by atoms with van der Waals surface area (Å²) in [6, 6.07) is 14.3. The van der Waals surface area contributed by atoms with E-state index in [0.29, 0.717) is 19.7 Å². The maximum absolute atomic E-state index is 13.2. The van der Waals surface area contributed by atoms with Crippen LogP contribution in [0, 0.1) is 0 Å². The van der Waals surface area contributed by atoms with Gasteiger partial charge in [0.15, 0.2) is 0 Å². The number of rotatable bonds is 8. The monoisotopic (exact) mass is 367 g/mol. The van der Waals surface area contributed by atoms with Gasteiger partial charge >= 0.3 is 0 Å². The maximum Gasteiger partial charge on any atom is 0.253 e. The van der Waals surface area contributed by atoms with Gasteiger partial charge in [0.25, 0.3) is 5.91 Å². The third kappa shape index (κ3) is 5.88. The maximum atomic E-state index is 13.2. The van der Waals surface area contributed by atoms with Crippen molar-refractivity contribution < 1.29 is 9.53 Å². The second-order valence-corrected chi connectivity index (χ2v) is 7.05. The Morgan fingerprint density at radius 1 is 1.19 bits per heavy atom. The molecule has 27 heavy (non-hydrogen) atoms. The lowest BCUT2D eigenvalue weighted by Gasteiger charge is -2.35. The van der Waals surface area contributed by atoms with Crippen molar-refractivity contribution in [2.75, 3.05) is 26.2 Å². The van der Waals surface area contributed by atoms with E-state index in [-0.39, 0.29) is 12.0 Å². The summed E-state index contributed by atoms with van der Waals surface area (Å²) < 4.78 is 5.86. The predicted octanol–water partition coefficient (Wildman–Crippen LogP) is 3.11. The van der Waals surface area contributed by atoms with Crippen LogP contribution < -0.4 is 0 Å². The molecule has 3 rings (SSSR count). The first-order valence-corrected chi connectivity index (χ1v) is 9.82. The van der Waals surface area contributed by atoms with Crippen LogP contribution in [-0.4, -0.2) is 53.0 Å². The Balaban J connectivity index is 1.63. The Morgan fingerprint density at radius 3 is 2.70 bits per heavy atom. The van der Waals surface area contributed by atoms with Crippen molar-refractivity contribution in [3.63, 3.8) is 0 Å². The highest BCUT2D eigenvalue weighted by molar-refractivity contribution is 5.81. The summed E-state index contributed by atoms with van der Waals surface area (Å²) in [6.07, 6.45) is 5.22. The molecule has 1 saturated heterocycles. The van der Waals surface area contributed by atoms with Crippen molar-refractivity contribution in [2.45, 2.75) is 39.0 Å². The highest BCUT2D eigenvalue weighted by Gasteiger charge is 2.30. The van der Waals surface area contributed by atoms with Crippen LogP contribution in [0.4, 0.5) is 0 Å². The van der Waals surface area contributed by atoms with Crippen LogP contribution in [0.25, 0.3) is 0 Å². The largest absolute Gasteiger partial charge is 0.366 e. The third-order valence-electron chi connectivity index (χ3n) is 4.89. The summed E-state index contributed by atoms with van der Waals surface area (Å²) in [5.41, 5.74) is 2.37. The van der Waals surface area contributed by atoms with Gasteiger partial charge in [-0.05, 0) is 29.7 Å². The average molecular weight is 367 g/mol. The number of aromatic nitrogens is 1. The predicted molar refractivity (Wildman–Crippen MR) is 106 cm³/mol. The van der Waals surface area contributed by atoms with Gasteiger partial charge in [-0.3, -0.25) is 14.7 Å². The molecule has 0 saturated carbocycles. The molecular weight excluding hydrogens is 338 g/mol. The average Bonchev–Trinajstić information content (AvgIpc) is 2.72. The Hall–Kier alpha value is -2.24. The van der Waals surface area contributed by atoms with Gasteiger partial charge in [0, 0.05) is 45.1 Å². The number of ether oxygens (including phenoxy) is 1. The lowest BCUT2D eigenvalue weighted by atomic mass is 10.1.